The number of benzene rings is 2. The van der Waals surface area contributed by atoms with Gasteiger partial charge < -0.3 is 5.73 Å². The summed E-state index contributed by atoms with van der Waals surface area (Å²) in [6.45, 7) is 6.72. The summed E-state index contributed by atoms with van der Waals surface area (Å²) in [5.74, 6) is 0. The molecule has 0 bridgehead atoms. The van der Waals surface area contributed by atoms with E-state index in [1.165, 1.54) is 0 Å². The zero-order chi connectivity index (χ0) is 16.3. The molecule has 0 aliphatic rings. The molecular formula is C17H19Cl2N3. The zero-order valence-corrected chi connectivity index (χ0v) is 14.4. The summed E-state index contributed by atoms with van der Waals surface area (Å²) in [7, 11) is 0. The number of aryl methyl sites for hydroxylation is 1. The smallest absolute Gasteiger partial charge is 0.0671 e. The van der Waals surface area contributed by atoms with Crippen LogP contribution in [0.5, 0.6) is 0 Å². The maximum Gasteiger partial charge on any atom is 0.0671 e. The number of hydrogen-bond donors (Lipinski definition) is 1. The Kier molecular flexibility index (Phi) is 5.33. The van der Waals surface area contributed by atoms with Crippen molar-refractivity contribution in [3.63, 3.8) is 0 Å². The fraction of sp³-hybridized carbons (Fsp3) is 0.235. The molecule has 3 nitrogen and oxygen atoms in total. The van der Waals surface area contributed by atoms with Gasteiger partial charge in [0.25, 0.3) is 0 Å². The van der Waals surface area contributed by atoms with Crippen LogP contribution in [0.25, 0.3) is 0 Å². The second-order valence-corrected chi connectivity index (χ2v) is 5.90. The van der Waals surface area contributed by atoms with Gasteiger partial charge in [-0.05, 0) is 51.1 Å². The van der Waals surface area contributed by atoms with Crippen molar-refractivity contribution in [1.29, 1.82) is 0 Å². The van der Waals surface area contributed by atoms with Gasteiger partial charge in [0.1, 0.15) is 0 Å². The van der Waals surface area contributed by atoms with E-state index in [9.17, 15) is 0 Å². The molecule has 0 atom stereocenters. The molecule has 0 spiro atoms. The van der Waals surface area contributed by atoms with E-state index in [1.807, 2.05) is 56.1 Å². The molecule has 0 saturated heterocycles. The van der Waals surface area contributed by atoms with Crippen LogP contribution in [0.2, 0.25) is 10.0 Å². The number of anilines is 2. The molecule has 2 aromatic carbocycles. The predicted octanol–water partition coefficient (Wildman–Crippen LogP) is 5.13. The third-order valence-corrected chi connectivity index (χ3v) is 4.11. The Labute approximate surface area is 141 Å². The van der Waals surface area contributed by atoms with E-state index in [-0.39, 0.29) is 0 Å². The lowest BCUT2D eigenvalue weighted by molar-refractivity contribution is 0.892. The highest BCUT2D eigenvalue weighted by molar-refractivity contribution is 6.42. The van der Waals surface area contributed by atoms with Crippen molar-refractivity contribution in [2.24, 2.45) is 5.10 Å². The first-order chi connectivity index (χ1) is 10.4. The van der Waals surface area contributed by atoms with Gasteiger partial charge in [0.05, 0.1) is 21.4 Å². The number of nitrogens with two attached hydrogens (primary N) is 1. The molecule has 0 heterocycles. The summed E-state index contributed by atoms with van der Waals surface area (Å²) in [6.07, 6.45) is 0. The lowest BCUT2D eigenvalue weighted by Gasteiger charge is -2.19. The minimum Gasteiger partial charge on any atom is -0.398 e. The average molecular weight is 336 g/mol. The first-order valence-corrected chi connectivity index (χ1v) is 7.82. The molecule has 0 aromatic heterocycles. The summed E-state index contributed by atoms with van der Waals surface area (Å²) < 4.78 is 0. The van der Waals surface area contributed by atoms with Crippen LogP contribution in [0.15, 0.2) is 41.5 Å². The van der Waals surface area contributed by atoms with Crippen LogP contribution in [-0.4, -0.2) is 12.3 Å². The van der Waals surface area contributed by atoms with Crippen LogP contribution in [0, 0.1) is 6.92 Å². The molecule has 0 amide bonds. The fourth-order valence-corrected chi connectivity index (χ4v) is 2.47. The van der Waals surface area contributed by atoms with Gasteiger partial charge in [0, 0.05) is 17.8 Å². The monoisotopic (exact) mass is 335 g/mol. The molecule has 0 aliphatic carbocycles. The van der Waals surface area contributed by atoms with Crippen LogP contribution >= 0.6 is 23.2 Å². The molecule has 2 aromatic rings. The first kappa shape index (κ1) is 16.7. The van der Waals surface area contributed by atoms with Gasteiger partial charge in [-0.2, -0.15) is 5.10 Å². The molecule has 116 valence electrons. The summed E-state index contributed by atoms with van der Waals surface area (Å²) in [5, 5.41) is 7.60. The largest absolute Gasteiger partial charge is 0.398 e. The highest BCUT2D eigenvalue weighted by Gasteiger charge is 2.09. The fourth-order valence-electron chi connectivity index (χ4n) is 2.18. The second-order valence-electron chi connectivity index (χ2n) is 5.09. The van der Waals surface area contributed by atoms with Crippen molar-refractivity contribution in [3.8, 4) is 0 Å². The Morgan fingerprint density at radius 3 is 2.50 bits per heavy atom. The summed E-state index contributed by atoms with van der Waals surface area (Å²) >= 11 is 12.1. The summed E-state index contributed by atoms with van der Waals surface area (Å²) in [6, 6.07) is 11.4. The Balaban J connectivity index is 2.38. The molecule has 2 N–H and O–H groups in total. The molecule has 0 saturated carbocycles. The first-order valence-electron chi connectivity index (χ1n) is 7.06. The van der Waals surface area contributed by atoms with Gasteiger partial charge in [0.15, 0.2) is 0 Å². The standard InChI is InChI=1S/C17H19Cl2N3/c1-4-22(13-6-7-15(18)16(19)10-13)21-12(3)14-9-11(2)5-8-17(14)20/h5-10H,4,20H2,1-3H3/b21-12+. The number of nitrogens with zero attached hydrogens (tertiary/aromatic N) is 2. The van der Waals surface area contributed by atoms with Gasteiger partial charge >= 0.3 is 0 Å². The lowest BCUT2D eigenvalue weighted by atomic mass is 10.1. The van der Waals surface area contributed by atoms with Gasteiger partial charge in [-0.3, -0.25) is 5.01 Å². The molecular weight excluding hydrogens is 317 g/mol. The number of rotatable bonds is 4. The van der Waals surface area contributed by atoms with Crippen LogP contribution in [0.4, 0.5) is 11.4 Å². The topological polar surface area (TPSA) is 41.6 Å². The lowest BCUT2D eigenvalue weighted by Crippen LogP contribution is -2.18. The maximum atomic E-state index is 6.09. The molecule has 22 heavy (non-hydrogen) atoms. The quantitative estimate of drug-likeness (QED) is 0.477. The molecule has 0 unspecified atom stereocenters. The number of hydrazone groups is 1. The van der Waals surface area contributed by atoms with Crippen LogP contribution < -0.4 is 10.7 Å². The third-order valence-electron chi connectivity index (χ3n) is 3.37. The van der Waals surface area contributed by atoms with Gasteiger partial charge in [-0.1, -0.05) is 34.8 Å². The maximum absolute atomic E-state index is 6.09. The third kappa shape index (κ3) is 3.73. The average Bonchev–Trinajstić information content (AvgIpc) is 2.50. The Bertz CT molecular complexity index is 711. The van der Waals surface area contributed by atoms with Crippen molar-refractivity contribution in [1.82, 2.24) is 0 Å². The van der Waals surface area contributed by atoms with Crippen LogP contribution in [0.1, 0.15) is 25.0 Å². The number of hydrogen-bond acceptors (Lipinski definition) is 3. The second kappa shape index (κ2) is 7.03. The van der Waals surface area contributed by atoms with Gasteiger partial charge in [-0.25, -0.2) is 0 Å². The van der Waals surface area contributed by atoms with E-state index >= 15 is 0 Å². The minimum absolute atomic E-state index is 0.514. The molecule has 0 radical (unpaired) electrons. The normalized spacial score (nSPS) is 11.6. The van der Waals surface area contributed by atoms with E-state index < -0.39 is 0 Å². The highest BCUT2D eigenvalue weighted by atomic mass is 35.5. The van der Waals surface area contributed by atoms with Crippen molar-refractivity contribution in [3.05, 3.63) is 57.6 Å². The Hall–Kier alpha value is -1.71. The Morgan fingerprint density at radius 1 is 1.14 bits per heavy atom. The Morgan fingerprint density at radius 2 is 1.86 bits per heavy atom. The SMILES string of the molecule is CCN(/N=C(\C)c1cc(C)ccc1N)c1ccc(Cl)c(Cl)c1. The molecule has 0 aliphatic heterocycles. The number of nitrogen functional groups attached to an aromatic ring is 1. The highest BCUT2D eigenvalue weighted by Crippen LogP contribution is 2.27. The van der Waals surface area contributed by atoms with Crippen molar-refractivity contribution in [2.75, 3.05) is 17.3 Å². The van der Waals surface area contributed by atoms with E-state index in [4.69, 9.17) is 28.9 Å². The van der Waals surface area contributed by atoms with E-state index in [2.05, 4.69) is 5.10 Å². The van der Waals surface area contributed by atoms with Gasteiger partial charge in [-0.15, -0.1) is 0 Å². The summed E-state index contributed by atoms with van der Waals surface area (Å²) in [4.78, 5) is 0. The van der Waals surface area contributed by atoms with Crippen molar-refractivity contribution < 1.29 is 0 Å². The molecule has 5 heteroatoms. The zero-order valence-electron chi connectivity index (χ0n) is 12.9. The predicted molar refractivity (Wildman–Crippen MR) is 97.3 cm³/mol. The van der Waals surface area contributed by atoms with Crippen molar-refractivity contribution >= 4 is 40.3 Å². The minimum atomic E-state index is 0.514. The van der Waals surface area contributed by atoms with Gasteiger partial charge in [0.2, 0.25) is 0 Å². The van der Waals surface area contributed by atoms with E-state index in [1.54, 1.807) is 6.07 Å². The van der Waals surface area contributed by atoms with Crippen LogP contribution in [-0.2, 0) is 0 Å². The van der Waals surface area contributed by atoms with Crippen LogP contribution in [0.3, 0.4) is 0 Å². The van der Waals surface area contributed by atoms with E-state index in [0.717, 1.165) is 28.2 Å². The summed E-state index contributed by atoms with van der Waals surface area (Å²) in [5.41, 5.74) is 10.6. The molecule has 0 fully saturated rings. The van der Waals surface area contributed by atoms with E-state index in [0.29, 0.717) is 16.6 Å². The van der Waals surface area contributed by atoms with Crippen molar-refractivity contribution in [2.45, 2.75) is 20.8 Å². The number of halogens is 2. The molecule has 2 rings (SSSR count).